The molecule has 4 N–H and O–H groups in total. The summed E-state index contributed by atoms with van der Waals surface area (Å²) in [6.45, 7) is 0. The van der Waals surface area contributed by atoms with Crippen molar-refractivity contribution in [3.8, 4) is 6.07 Å². The van der Waals surface area contributed by atoms with Gasteiger partial charge in [-0.05, 0) is 30.3 Å². The molecule has 10 heteroatoms. The van der Waals surface area contributed by atoms with Crippen LogP contribution in [0.4, 0.5) is 22.0 Å². The molecule has 4 rings (SSSR count). The number of aromatic nitrogens is 4. The number of nitriles is 1. The molecule has 0 fully saturated rings. The number of hydrogen-bond acceptors (Lipinski definition) is 7. The molecular weight excluding hydrogens is 396 g/mol. The third-order valence-corrected chi connectivity index (χ3v) is 4.56. The number of pyridine rings is 1. The summed E-state index contributed by atoms with van der Waals surface area (Å²) in [5, 5.41) is 14.6. The fourth-order valence-corrected chi connectivity index (χ4v) is 3.12. The molecule has 0 aliphatic carbocycles. The molecule has 152 valence electrons. The minimum Gasteiger partial charge on any atom is -0.383 e. The van der Waals surface area contributed by atoms with Gasteiger partial charge in [-0.2, -0.15) is 5.26 Å². The SMILES string of the molecule is Cn1cc(C(=O)c2cncc(NC(=O)Nc3ccc(C#N)cc3)c2)c2c(N)ncnc21. The maximum absolute atomic E-state index is 13.1. The summed E-state index contributed by atoms with van der Waals surface area (Å²) in [6, 6.07) is 9.43. The van der Waals surface area contributed by atoms with E-state index in [1.54, 1.807) is 42.1 Å². The van der Waals surface area contributed by atoms with Crippen LogP contribution in [0.25, 0.3) is 11.0 Å². The Labute approximate surface area is 176 Å². The molecular formula is C21H16N8O2. The topological polar surface area (TPSA) is 152 Å². The van der Waals surface area contributed by atoms with Gasteiger partial charge in [0.2, 0.25) is 0 Å². The number of aryl methyl sites for hydroxylation is 1. The molecule has 10 nitrogen and oxygen atoms in total. The van der Waals surface area contributed by atoms with Gasteiger partial charge in [-0.25, -0.2) is 14.8 Å². The van der Waals surface area contributed by atoms with Crippen molar-refractivity contribution in [1.82, 2.24) is 19.5 Å². The standard InChI is InChI=1S/C21H16N8O2/c1-29-10-16(17-19(23)25-11-26-20(17)29)18(30)13-6-15(9-24-8-13)28-21(31)27-14-4-2-12(7-22)3-5-14/h2-6,8-11H,1H3,(H2,23,25,26)(H2,27,28,31). The third-order valence-electron chi connectivity index (χ3n) is 4.56. The van der Waals surface area contributed by atoms with Crippen LogP contribution in [-0.4, -0.2) is 31.3 Å². The summed E-state index contributed by atoms with van der Waals surface area (Å²) in [5.74, 6) is -0.117. The first-order chi connectivity index (χ1) is 15.0. The average Bonchev–Trinajstić information content (AvgIpc) is 3.12. The van der Waals surface area contributed by atoms with Crippen LogP contribution in [-0.2, 0) is 7.05 Å². The number of nitrogens with two attached hydrogens (primary N) is 1. The van der Waals surface area contributed by atoms with Crippen LogP contribution in [0.1, 0.15) is 21.5 Å². The third kappa shape index (κ3) is 3.88. The molecule has 0 saturated carbocycles. The number of fused-ring (bicyclic) bond motifs is 1. The lowest BCUT2D eigenvalue weighted by Gasteiger charge is -2.08. The number of nitrogens with one attached hydrogen (secondary N) is 2. The van der Waals surface area contributed by atoms with Crippen LogP contribution >= 0.6 is 0 Å². The summed E-state index contributed by atoms with van der Waals surface area (Å²) in [7, 11) is 1.76. The van der Waals surface area contributed by atoms with E-state index in [1.807, 2.05) is 6.07 Å². The number of carbonyl (C=O) groups excluding carboxylic acids is 2. The molecule has 0 atom stereocenters. The second kappa shape index (κ2) is 7.92. The molecule has 3 aromatic heterocycles. The Morgan fingerprint density at radius 3 is 2.58 bits per heavy atom. The molecule has 1 aromatic carbocycles. The molecule has 0 saturated heterocycles. The Morgan fingerprint density at radius 2 is 1.84 bits per heavy atom. The van der Waals surface area contributed by atoms with E-state index in [2.05, 4.69) is 25.6 Å². The number of nitrogens with zero attached hydrogens (tertiary/aromatic N) is 5. The maximum atomic E-state index is 13.1. The Morgan fingerprint density at radius 1 is 1.10 bits per heavy atom. The maximum Gasteiger partial charge on any atom is 0.323 e. The molecule has 0 spiro atoms. The summed E-state index contributed by atoms with van der Waals surface area (Å²) < 4.78 is 1.70. The van der Waals surface area contributed by atoms with Crippen LogP contribution < -0.4 is 16.4 Å². The van der Waals surface area contributed by atoms with Gasteiger partial charge in [0.15, 0.2) is 5.78 Å². The van der Waals surface area contributed by atoms with Crippen molar-refractivity contribution >= 4 is 40.0 Å². The minimum absolute atomic E-state index is 0.206. The van der Waals surface area contributed by atoms with E-state index in [4.69, 9.17) is 11.0 Å². The smallest absolute Gasteiger partial charge is 0.323 e. The average molecular weight is 412 g/mol. The Hall–Kier alpha value is -4.78. The largest absolute Gasteiger partial charge is 0.383 e. The van der Waals surface area contributed by atoms with Crippen molar-refractivity contribution in [2.45, 2.75) is 0 Å². The molecule has 31 heavy (non-hydrogen) atoms. The van der Waals surface area contributed by atoms with Crippen molar-refractivity contribution in [3.63, 3.8) is 0 Å². The highest BCUT2D eigenvalue weighted by Gasteiger charge is 2.20. The van der Waals surface area contributed by atoms with E-state index in [9.17, 15) is 9.59 Å². The number of benzene rings is 1. The van der Waals surface area contributed by atoms with E-state index >= 15 is 0 Å². The highest BCUT2D eigenvalue weighted by molar-refractivity contribution is 6.18. The number of urea groups is 1. The molecule has 0 radical (unpaired) electrons. The number of rotatable bonds is 4. The second-order valence-electron chi connectivity index (χ2n) is 6.67. The van der Waals surface area contributed by atoms with Gasteiger partial charge in [0.25, 0.3) is 0 Å². The molecule has 4 aromatic rings. The van der Waals surface area contributed by atoms with Crippen molar-refractivity contribution in [2.75, 3.05) is 16.4 Å². The Bertz CT molecular complexity index is 1350. The van der Waals surface area contributed by atoms with Crippen LogP contribution in [0, 0.1) is 11.3 Å². The van der Waals surface area contributed by atoms with E-state index < -0.39 is 6.03 Å². The van der Waals surface area contributed by atoms with Gasteiger partial charge >= 0.3 is 6.03 Å². The number of hydrogen-bond donors (Lipinski definition) is 3. The molecule has 0 aliphatic rings. The van der Waals surface area contributed by atoms with Crippen molar-refractivity contribution in [1.29, 1.82) is 5.26 Å². The zero-order valence-corrected chi connectivity index (χ0v) is 16.3. The van der Waals surface area contributed by atoms with Gasteiger partial charge in [0.05, 0.1) is 34.5 Å². The number of carbonyl (C=O) groups is 2. The lowest BCUT2D eigenvalue weighted by Crippen LogP contribution is -2.19. The number of anilines is 3. The molecule has 3 heterocycles. The lowest BCUT2D eigenvalue weighted by atomic mass is 10.1. The van der Waals surface area contributed by atoms with Crippen LogP contribution in [0.15, 0.2) is 55.2 Å². The zero-order valence-electron chi connectivity index (χ0n) is 16.3. The predicted molar refractivity (Wildman–Crippen MR) is 114 cm³/mol. The number of nitrogen functional groups attached to an aromatic ring is 1. The van der Waals surface area contributed by atoms with Crippen molar-refractivity contribution in [3.05, 3.63) is 71.9 Å². The molecule has 0 unspecified atom stereocenters. The fraction of sp³-hybridized carbons (Fsp3) is 0.0476. The van der Waals surface area contributed by atoms with Gasteiger partial charge in [-0.3, -0.25) is 9.78 Å². The van der Waals surface area contributed by atoms with Gasteiger partial charge in [-0.15, -0.1) is 0 Å². The lowest BCUT2D eigenvalue weighted by molar-refractivity contribution is 0.103. The predicted octanol–water partition coefficient (Wildman–Crippen LogP) is 2.69. The number of ketones is 1. The first-order valence-corrected chi connectivity index (χ1v) is 9.09. The first-order valence-electron chi connectivity index (χ1n) is 9.09. The Balaban J connectivity index is 1.55. The van der Waals surface area contributed by atoms with Gasteiger partial charge in [0.1, 0.15) is 17.8 Å². The molecule has 0 bridgehead atoms. The quantitative estimate of drug-likeness (QED) is 0.436. The van der Waals surface area contributed by atoms with Crippen LogP contribution in [0.3, 0.4) is 0 Å². The summed E-state index contributed by atoms with van der Waals surface area (Å²) in [6.07, 6.45) is 5.81. The fourth-order valence-electron chi connectivity index (χ4n) is 3.12. The van der Waals surface area contributed by atoms with E-state index in [-0.39, 0.29) is 17.2 Å². The van der Waals surface area contributed by atoms with E-state index in [0.717, 1.165) is 0 Å². The second-order valence-corrected chi connectivity index (χ2v) is 6.67. The molecule has 0 aliphatic heterocycles. The normalized spacial score (nSPS) is 10.5. The summed E-state index contributed by atoms with van der Waals surface area (Å²) in [4.78, 5) is 37.6. The van der Waals surface area contributed by atoms with Crippen LogP contribution in [0.5, 0.6) is 0 Å². The summed E-state index contributed by atoms with van der Waals surface area (Å²) >= 11 is 0. The van der Waals surface area contributed by atoms with Gasteiger partial charge in [-0.1, -0.05) is 0 Å². The number of amides is 2. The van der Waals surface area contributed by atoms with E-state index in [1.165, 1.54) is 24.8 Å². The first kappa shape index (κ1) is 19.5. The van der Waals surface area contributed by atoms with Gasteiger partial charge in [0, 0.05) is 30.7 Å². The van der Waals surface area contributed by atoms with E-state index in [0.29, 0.717) is 33.5 Å². The highest BCUT2D eigenvalue weighted by atomic mass is 16.2. The highest BCUT2D eigenvalue weighted by Crippen LogP contribution is 2.25. The van der Waals surface area contributed by atoms with Crippen LogP contribution in [0.2, 0.25) is 0 Å². The summed E-state index contributed by atoms with van der Waals surface area (Å²) in [5.41, 5.74) is 8.45. The van der Waals surface area contributed by atoms with Crippen molar-refractivity contribution < 1.29 is 9.59 Å². The minimum atomic E-state index is -0.515. The molecule has 2 amide bonds. The van der Waals surface area contributed by atoms with Gasteiger partial charge < -0.3 is 20.9 Å². The monoisotopic (exact) mass is 412 g/mol. The zero-order chi connectivity index (χ0) is 22.0. The Kier molecular flexibility index (Phi) is 4.99. The van der Waals surface area contributed by atoms with Crippen molar-refractivity contribution in [2.24, 2.45) is 7.05 Å².